The van der Waals surface area contributed by atoms with Gasteiger partial charge in [0.25, 0.3) is 0 Å². The Morgan fingerprint density at radius 2 is 2.12 bits per heavy atom. The summed E-state index contributed by atoms with van der Waals surface area (Å²) >= 11 is 3.42. The topological polar surface area (TPSA) is 56.7 Å². The van der Waals surface area contributed by atoms with Crippen molar-refractivity contribution < 1.29 is 0 Å². The summed E-state index contributed by atoms with van der Waals surface area (Å²) in [6.07, 6.45) is 1.85. The molecule has 5 heteroatoms. The summed E-state index contributed by atoms with van der Waals surface area (Å²) in [5.74, 6) is 0. The Kier molecular flexibility index (Phi) is 2.82. The van der Waals surface area contributed by atoms with E-state index in [-0.39, 0.29) is 0 Å². The maximum atomic E-state index is 5.95. The average molecular weight is 281 g/mol. The molecule has 0 fully saturated rings. The van der Waals surface area contributed by atoms with Crippen molar-refractivity contribution in [1.82, 2.24) is 15.0 Å². The monoisotopic (exact) mass is 280 g/mol. The summed E-state index contributed by atoms with van der Waals surface area (Å²) < 4.78 is 2.73. The molecule has 0 amide bonds. The van der Waals surface area contributed by atoms with Crippen LogP contribution in [0.3, 0.4) is 0 Å². The summed E-state index contributed by atoms with van der Waals surface area (Å²) in [7, 11) is 0. The van der Waals surface area contributed by atoms with Crippen molar-refractivity contribution in [1.29, 1.82) is 0 Å². The summed E-state index contributed by atoms with van der Waals surface area (Å²) in [5.41, 5.74) is 7.21. The Bertz CT molecular complexity index is 499. The van der Waals surface area contributed by atoms with E-state index in [1.807, 2.05) is 44.3 Å². The number of rotatable bonds is 2. The fourth-order valence-corrected chi connectivity index (χ4v) is 1.69. The van der Waals surface area contributed by atoms with Crippen molar-refractivity contribution >= 4 is 15.9 Å². The van der Waals surface area contributed by atoms with Gasteiger partial charge in [-0.2, -0.15) is 0 Å². The molecule has 1 aromatic carbocycles. The highest BCUT2D eigenvalue weighted by atomic mass is 79.9. The zero-order valence-corrected chi connectivity index (χ0v) is 10.8. The van der Waals surface area contributed by atoms with Crippen molar-refractivity contribution in [2.45, 2.75) is 19.4 Å². The second kappa shape index (κ2) is 3.99. The molecule has 0 saturated carbocycles. The molecule has 0 radical (unpaired) electrons. The molecule has 2 N–H and O–H groups in total. The molecule has 84 valence electrons. The summed E-state index contributed by atoms with van der Waals surface area (Å²) in [4.78, 5) is 0. The van der Waals surface area contributed by atoms with Crippen LogP contribution in [0.5, 0.6) is 0 Å². The number of nitrogens with two attached hydrogens (primary N) is 1. The van der Waals surface area contributed by atoms with Crippen LogP contribution in [0.25, 0.3) is 5.69 Å². The first kappa shape index (κ1) is 11.3. The Morgan fingerprint density at radius 1 is 1.38 bits per heavy atom. The van der Waals surface area contributed by atoms with Crippen LogP contribution in [0.2, 0.25) is 0 Å². The minimum atomic E-state index is -0.468. The number of hydrogen-bond acceptors (Lipinski definition) is 3. The molecule has 0 aliphatic rings. The van der Waals surface area contributed by atoms with Crippen molar-refractivity contribution in [3.63, 3.8) is 0 Å². The number of halogens is 1. The van der Waals surface area contributed by atoms with Crippen LogP contribution in [0.4, 0.5) is 0 Å². The molecule has 16 heavy (non-hydrogen) atoms. The molecule has 0 atom stereocenters. The van der Waals surface area contributed by atoms with Crippen LogP contribution in [-0.4, -0.2) is 15.0 Å². The molecular formula is C11H13BrN4. The lowest BCUT2D eigenvalue weighted by Gasteiger charge is -2.13. The van der Waals surface area contributed by atoms with Gasteiger partial charge in [-0.25, -0.2) is 4.68 Å². The smallest absolute Gasteiger partial charge is 0.102 e. The van der Waals surface area contributed by atoms with Gasteiger partial charge in [0.05, 0.1) is 17.4 Å². The second-order valence-electron chi connectivity index (χ2n) is 4.25. The van der Waals surface area contributed by atoms with E-state index < -0.39 is 5.54 Å². The van der Waals surface area contributed by atoms with E-state index >= 15 is 0 Å². The fraction of sp³-hybridized carbons (Fsp3) is 0.273. The van der Waals surface area contributed by atoms with E-state index in [4.69, 9.17) is 5.73 Å². The van der Waals surface area contributed by atoms with Gasteiger partial charge < -0.3 is 5.73 Å². The molecule has 0 aliphatic carbocycles. The number of benzene rings is 1. The van der Waals surface area contributed by atoms with Gasteiger partial charge in [-0.3, -0.25) is 0 Å². The molecular weight excluding hydrogens is 268 g/mol. The van der Waals surface area contributed by atoms with Gasteiger partial charge >= 0.3 is 0 Å². The highest BCUT2D eigenvalue weighted by Gasteiger charge is 2.18. The Hall–Kier alpha value is -1.20. The SMILES string of the molecule is CC(C)(N)c1cn(-c2cccc(Br)c2)nn1. The highest BCUT2D eigenvalue weighted by molar-refractivity contribution is 9.10. The Labute approximate surface area is 103 Å². The van der Waals surface area contributed by atoms with Crippen LogP contribution < -0.4 is 5.73 Å². The number of hydrogen-bond donors (Lipinski definition) is 1. The third-order valence-electron chi connectivity index (χ3n) is 2.23. The number of aromatic nitrogens is 3. The maximum Gasteiger partial charge on any atom is 0.102 e. The molecule has 4 nitrogen and oxygen atoms in total. The molecule has 0 aliphatic heterocycles. The largest absolute Gasteiger partial charge is 0.320 e. The van der Waals surface area contributed by atoms with E-state index in [0.717, 1.165) is 15.9 Å². The van der Waals surface area contributed by atoms with Gasteiger partial charge in [-0.05, 0) is 32.0 Å². The molecule has 1 aromatic heterocycles. The first-order valence-electron chi connectivity index (χ1n) is 4.94. The molecule has 0 bridgehead atoms. The Balaban J connectivity index is 2.39. The first-order valence-corrected chi connectivity index (χ1v) is 5.74. The summed E-state index contributed by atoms with van der Waals surface area (Å²) in [5, 5.41) is 8.13. The summed E-state index contributed by atoms with van der Waals surface area (Å²) in [6.45, 7) is 3.81. The van der Waals surface area contributed by atoms with Crippen molar-refractivity contribution in [3.8, 4) is 5.69 Å². The zero-order chi connectivity index (χ0) is 11.8. The minimum Gasteiger partial charge on any atom is -0.320 e. The lowest BCUT2D eigenvalue weighted by molar-refractivity contribution is 0.533. The molecule has 1 heterocycles. The van der Waals surface area contributed by atoms with Gasteiger partial charge in [-0.1, -0.05) is 27.2 Å². The minimum absolute atomic E-state index is 0.468. The maximum absolute atomic E-state index is 5.95. The van der Waals surface area contributed by atoms with E-state index in [1.165, 1.54) is 0 Å². The van der Waals surface area contributed by atoms with Gasteiger partial charge in [0.2, 0.25) is 0 Å². The normalized spacial score (nSPS) is 11.8. The van der Waals surface area contributed by atoms with Crippen LogP contribution in [0, 0.1) is 0 Å². The summed E-state index contributed by atoms with van der Waals surface area (Å²) in [6, 6.07) is 7.86. The van der Waals surface area contributed by atoms with Gasteiger partial charge in [-0.15, -0.1) is 5.10 Å². The third kappa shape index (κ3) is 2.31. The molecule has 2 rings (SSSR count). The van der Waals surface area contributed by atoms with Crippen LogP contribution in [0.1, 0.15) is 19.5 Å². The lowest BCUT2D eigenvalue weighted by atomic mass is 10.0. The van der Waals surface area contributed by atoms with Gasteiger partial charge in [0, 0.05) is 4.47 Å². The van der Waals surface area contributed by atoms with Crippen LogP contribution in [-0.2, 0) is 5.54 Å². The van der Waals surface area contributed by atoms with Crippen molar-refractivity contribution in [2.24, 2.45) is 5.73 Å². The number of nitrogens with zero attached hydrogens (tertiary/aromatic N) is 3. The standard InChI is InChI=1S/C11H13BrN4/c1-11(2,13)10-7-16(15-14-10)9-5-3-4-8(12)6-9/h3-7H,13H2,1-2H3. The van der Waals surface area contributed by atoms with Gasteiger partial charge in [0.15, 0.2) is 0 Å². The predicted molar refractivity (Wildman–Crippen MR) is 66.3 cm³/mol. The van der Waals surface area contributed by atoms with Crippen LogP contribution >= 0.6 is 15.9 Å². The van der Waals surface area contributed by atoms with Gasteiger partial charge in [0.1, 0.15) is 5.69 Å². The molecule has 2 aromatic rings. The molecule has 0 saturated heterocycles. The van der Waals surface area contributed by atoms with Crippen LogP contribution in [0.15, 0.2) is 34.9 Å². The van der Waals surface area contributed by atoms with Crippen molar-refractivity contribution in [2.75, 3.05) is 0 Å². The zero-order valence-electron chi connectivity index (χ0n) is 9.18. The van der Waals surface area contributed by atoms with E-state index in [2.05, 4.69) is 26.2 Å². The highest BCUT2D eigenvalue weighted by Crippen LogP contribution is 2.17. The third-order valence-corrected chi connectivity index (χ3v) is 2.72. The quantitative estimate of drug-likeness (QED) is 0.918. The lowest BCUT2D eigenvalue weighted by Crippen LogP contribution is -2.29. The second-order valence-corrected chi connectivity index (χ2v) is 5.17. The van der Waals surface area contributed by atoms with E-state index in [0.29, 0.717) is 0 Å². The first-order chi connectivity index (χ1) is 7.47. The fourth-order valence-electron chi connectivity index (χ4n) is 1.30. The Morgan fingerprint density at radius 3 is 2.69 bits per heavy atom. The van der Waals surface area contributed by atoms with E-state index in [9.17, 15) is 0 Å². The molecule has 0 spiro atoms. The van der Waals surface area contributed by atoms with Crippen molar-refractivity contribution in [3.05, 3.63) is 40.6 Å². The molecule has 0 unspecified atom stereocenters. The van der Waals surface area contributed by atoms with E-state index in [1.54, 1.807) is 4.68 Å². The predicted octanol–water partition coefficient (Wildman–Crippen LogP) is 2.22. The average Bonchev–Trinajstić information content (AvgIpc) is 2.65.